The van der Waals surface area contributed by atoms with Crippen molar-refractivity contribution < 1.29 is 0 Å². The van der Waals surface area contributed by atoms with Crippen LogP contribution in [0.3, 0.4) is 0 Å². The van der Waals surface area contributed by atoms with Gasteiger partial charge >= 0.3 is 0 Å². The molecule has 0 nitrogen and oxygen atoms in total. The average Bonchev–Trinajstić information content (AvgIpc) is 1.72. The van der Waals surface area contributed by atoms with E-state index in [2.05, 4.69) is 173 Å². The van der Waals surface area contributed by atoms with Gasteiger partial charge in [-0.15, -0.1) is 0 Å². The predicted octanol–water partition coefficient (Wildman–Crippen LogP) is 36.8. The van der Waals surface area contributed by atoms with Crippen LogP contribution < -0.4 is 0 Å². The second-order valence-corrected chi connectivity index (χ2v) is 58.8. The maximum Gasteiger partial charge on any atom is -0.0243 e. The van der Waals surface area contributed by atoms with Crippen LogP contribution in [0.4, 0.5) is 0 Å². The van der Waals surface area contributed by atoms with Crippen molar-refractivity contribution in [2.24, 2.45) is 260 Å². The smallest absolute Gasteiger partial charge is 0.0243 e. The van der Waals surface area contributed by atoms with Gasteiger partial charge in [-0.1, -0.05) is 237 Å². The Bertz CT molecular complexity index is 3310. The van der Waals surface area contributed by atoms with Crippen LogP contribution in [0.5, 0.6) is 0 Å². The van der Waals surface area contributed by atoms with Gasteiger partial charge in [-0.3, -0.25) is 0 Å². The first-order chi connectivity index (χ1) is 57.0. The molecule has 20 atom stereocenters. The summed E-state index contributed by atoms with van der Waals surface area (Å²) in [7, 11) is 0. The second-order valence-electron chi connectivity index (χ2n) is 58.8. The molecule has 20 unspecified atom stereocenters. The van der Waals surface area contributed by atoms with E-state index in [1.165, 1.54) is 127 Å². The van der Waals surface area contributed by atoms with Crippen LogP contribution in [0.1, 0.15) is 501 Å². The Kier molecular flexibility index (Phi) is 26.5. The predicted molar refractivity (Wildman–Crippen MR) is 522 cm³/mol. The van der Waals surface area contributed by atoms with Gasteiger partial charge < -0.3 is 0 Å². The fourth-order valence-corrected chi connectivity index (χ4v) is 43.7. The van der Waals surface area contributed by atoms with Crippen molar-refractivity contribution in [3.05, 3.63) is 0 Å². The zero-order valence-electron chi connectivity index (χ0n) is 86.1. The van der Waals surface area contributed by atoms with E-state index in [0.29, 0.717) is 43.3 Å². The summed E-state index contributed by atoms with van der Waals surface area (Å²) in [6.45, 7) is 62.0. The highest BCUT2D eigenvalue weighted by Gasteiger charge is 2.64. The molecule has 0 aromatic heterocycles. The summed E-state index contributed by atoms with van der Waals surface area (Å²) in [6, 6.07) is 0. The summed E-state index contributed by atoms with van der Waals surface area (Å²) >= 11 is 0. The van der Waals surface area contributed by atoms with Gasteiger partial charge in [0.05, 0.1) is 0 Å². The minimum Gasteiger partial charge on any atom is -0.0654 e. The normalized spacial score (nSPS) is 53.3. The van der Waals surface area contributed by atoms with E-state index in [4.69, 9.17) is 0 Å². The second kappa shape index (κ2) is 34.5. The molecule has 0 aromatic carbocycles. The molecule has 0 amide bonds. The van der Waals surface area contributed by atoms with Crippen molar-refractivity contribution in [3.63, 3.8) is 0 Å². The highest BCUT2D eigenvalue weighted by atomic mass is 14.7. The van der Waals surface area contributed by atoms with E-state index >= 15 is 0 Å². The van der Waals surface area contributed by atoms with E-state index in [1.807, 2.05) is 0 Å². The third-order valence-corrected chi connectivity index (χ3v) is 51.3. The molecular formula is C121H210. The van der Waals surface area contributed by atoms with Gasteiger partial charge in [0, 0.05) is 0 Å². The molecule has 30 rings (SSSR count). The molecule has 30 aliphatic rings. The van der Waals surface area contributed by atoms with Crippen LogP contribution in [-0.2, 0) is 0 Å². The van der Waals surface area contributed by atoms with Crippen LogP contribution in [0.25, 0.3) is 0 Å². The first kappa shape index (κ1) is 92.8. The molecule has 30 saturated carbocycles. The fourth-order valence-electron chi connectivity index (χ4n) is 43.7. The number of fused-ring (bicyclic) bond motifs is 18. The summed E-state index contributed by atoms with van der Waals surface area (Å²) in [4.78, 5) is 0. The third kappa shape index (κ3) is 16.9. The van der Waals surface area contributed by atoms with Gasteiger partial charge in [0.15, 0.2) is 0 Å². The molecule has 0 radical (unpaired) electrons. The van der Waals surface area contributed by atoms with E-state index in [1.54, 1.807) is 212 Å². The lowest BCUT2D eigenvalue weighted by Crippen LogP contribution is -2.54. The minimum absolute atomic E-state index is 0.645. The first-order valence-electron chi connectivity index (χ1n) is 57.0. The monoisotopic (exact) mass is 1660 g/mol. The molecule has 0 N–H and O–H groups in total. The molecule has 0 saturated heterocycles. The van der Waals surface area contributed by atoms with Crippen LogP contribution in [0.15, 0.2) is 0 Å². The third-order valence-electron chi connectivity index (χ3n) is 51.3. The molecule has 30 fully saturated rings. The van der Waals surface area contributed by atoms with E-state index < -0.39 is 0 Å². The first-order valence-corrected chi connectivity index (χ1v) is 57.0. The molecule has 28 bridgehead atoms. The Morgan fingerprint density at radius 2 is 0.620 bits per heavy atom. The van der Waals surface area contributed by atoms with Crippen molar-refractivity contribution in [2.75, 3.05) is 0 Å². The van der Waals surface area contributed by atoms with Gasteiger partial charge in [-0.2, -0.15) is 0 Å². The molecule has 0 aliphatic heterocycles. The molecule has 694 valence electrons. The van der Waals surface area contributed by atoms with E-state index in [-0.39, 0.29) is 0 Å². The Labute approximate surface area is 755 Å². The van der Waals surface area contributed by atoms with Crippen LogP contribution >= 0.6 is 0 Å². The Morgan fingerprint density at radius 1 is 0.240 bits per heavy atom. The molecular weight excluding hydrogens is 1450 g/mol. The molecule has 30 aliphatic carbocycles. The molecule has 0 aromatic rings. The van der Waals surface area contributed by atoms with Crippen molar-refractivity contribution in [1.29, 1.82) is 0 Å². The summed E-state index contributed by atoms with van der Waals surface area (Å²) in [5.41, 5.74) is 8.47. The molecule has 0 heteroatoms. The zero-order valence-corrected chi connectivity index (χ0v) is 86.1. The van der Waals surface area contributed by atoms with Gasteiger partial charge in [-0.05, 0) is 524 Å². The molecule has 121 heavy (non-hydrogen) atoms. The Balaban J connectivity index is 0.0000000960. The Hall–Kier alpha value is 0. The van der Waals surface area contributed by atoms with E-state index in [0.717, 1.165) is 205 Å². The standard InChI is InChI=1S/C15H26.C14H24.2C13H22.2C12H20.C12H22.C11H20.C10H18.C9H16/c1-4-10(2)15(3)13-6-11-5-12(8-13)9-14(15)7-11;1-3-4-14(2)12-6-10-5-11(8-12)9-13(14)7-10;1-3-13(2)11-5-9-4-10(7-11)8-12(13)6-9;1-3-13(2)8-9-7-12(13)11-6-4-5-10(9)11;1-12(2)10-4-8-3-9(6-10)7-11(12)5-8;1-12(2)7-8-6-11(12)10-5-3-4-9(8)10;1-5-12(4)8-9-6-7-10(12)11(9,2)3;1-10(2)7-8-5-6-9(10)11(8,3)4;1-3-10(2)7-8-4-5-9(10)6-8;1-9(2)6-7-3-4-8(9)5-7/h10-14H,4-9H2,1-3H3;10-13H,3-9H2,1-2H3;2*9-12H,3-8H2,1-2H3;2*8-11H,3-7H2,1-2H3;9-10H,5-8H2,1-4H3;8-9H,5-7H2,1-4H3;8-9H,3-7H2,1-2H3;7-8H,3-6H2,1-2H3. The van der Waals surface area contributed by atoms with Crippen molar-refractivity contribution in [3.8, 4) is 0 Å². The average molecular weight is 1670 g/mol. The highest BCUT2D eigenvalue weighted by molar-refractivity contribution is 5.14. The van der Waals surface area contributed by atoms with Crippen molar-refractivity contribution in [2.45, 2.75) is 501 Å². The van der Waals surface area contributed by atoms with Crippen LogP contribution in [-0.4, -0.2) is 0 Å². The summed E-state index contributed by atoms with van der Waals surface area (Å²) in [6.07, 6.45) is 78.5. The van der Waals surface area contributed by atoms with Crippen molar-refractivity contribution in [1.82, 2.24) is 0 Å². The maximum absolute atomic E-state index is 2.63. The van der Waals surface area contributed by atoms with E-state index in [9.17, 15) is 0 Å². The van der Waals surface area contributed by atoms with Gasteiger partial charge in [0.25, 0.3) is 0 Å². The van der Waals surface area contributed by atoms with Crippen molar-refractivity contribution >= 4 is 0 Å². The van der Waals surface area contributed by atoms with Gasteiger partial charge in [0.1, 0.15) is 0 Å². The zero-order chi connectivity index (χ0) is 86.1. The van der Waals surface area contributed by atoms with Crippen LogP contribution in [0, 0.1) is 260 Å². The van der Waals surface area contributed by atoms with Crippen LogP contribution in [0.2, 0.25) is 0 Å². The number of hydrogen-bond acceptors (Lipinski definition) is 0. The lowest BCUT2D eigenvalue weighted by atomic mass is 9.43. The molecule has 0 heterocycles. The molecule has 0 spiro atoms. The minimum atomic E-state index is 0.645. The maximum atomic E-state index is 2.63. The number of hydrogen-bond donors (Lipinski definition) is 0. The Morgan fingerprint density at radius 3 is 0.942 bits per heavy atom. The quantitative estimate of drug-likeness (QED) is 0.227. The SMILES string of the molecule is CC1(C)C2CC3CC(C2)CC1C3.CC1(C)CC2CC1C1CCCC21.CC1(C)CC2CCC1C2.CC1(C)CC2CCC1C2(C)C.CCC(C)C1(C)C2CC3CC(C2)CC1C3.CCC1(C)C2CC3CC(C2)CC1C3.CCC1(C)CC2CC1C1CCCC21.CCC1(C)CC2CCC1C2.CCC1(C)CC2CCC1C2(C)C.CCCC1(C)C2CC3CC(C2)CC1C3. The lowest BCUT2D eigenvalue weighted by molar-refractivity contribution is -0.127. The number of rotatable bonds is 8. The largest absolute Gasteiger partial charge is 0.0654 e. The van der Waals surface area contributed by atoms with Gasteiger partial charge in [0.2, 0.25) is 0 Å². The highest BCUT2D eigenvalue weighted by Crippen LogP contribution is 2.73. The topological polar surface area (TPSA) is 0 Å². The van der Waals surface area contributed by atoms with Gasteiger partial charge in [-0.25, -0.2) is 0 Å². The summed E-state index contributed by atoms with van der Waals surface area (Å²) < 4.78 is 0. The lowest BCUT2D eigenvalue weighted by Gasteiger charge is -2.62. The summed E-state index contributed by atoms with van der Waals surface area (Å²) in [5, 5.41) is 0. The fraction of sp³-hybridized carbons (Fsp3) is 1.00. The summed E-state index contributed by atoms with van der Waals surface area (Å²) in [5.74, 6) is 36.5.